The highest BCUT2D eigenvalue weighted by molar-refractivity contribution is 6.39. The van der Waals surface area contributed by atoms with Crippen molar-refractivity contribution in [3.8, 4) is 39.4 Å². The van der Waals surface area contributed by atoms with Crippen LogP contribution in [0.2, 0.25) is 10.0 Å². The average Bonchev–Trinajstić information content (AvgIpc) is 3.74. The van der Waals surface area contributed by atoms with Gasteiger partial charge in [0.25, 0.3) is 5.56 Å². The first-order valence-corrected chi connectivity index (χ1v) is 17.4. The molecule has 0 unspecified atom stereocenters. The van der Waals surface area contributed by atoms with Gasteiger partial charge in [0.2, 0.25) is 11.8 Å². The van der Waals surface area contributed by atoms with E-state index in [1.165, 1.54) is 11.7 Å². The van der Waals surface area contributed by atoms with Crippen molar-refractivity contribution in [2.75, 3.05) is 33.9 Å². The topological polar surface area (TPSA) is 132 Å². The van der Waals surface area contributed by atoms with Gasteiger partial charge in [0.1, 0.15) is 11.3 Å². The first kappa shape index (κ1) is 34.7. The lowest BCUT2D eigenvalue weighted by Gasteiger charge is -2.37. The van der Waals surface area contributed by atoms with Gasteiger partial charge in [-0.05, 0) is 18.6 Å². The monoisotopic (exact) mass is 729 g/mol. The van der Waals surface area contributed by atoms with E-state index in [-0.39, 0.29) is 29.4 Å². The highest BCUT2D eigenvalue weighted by Crippen LogP contribution is 2.42. The van der Waals surface area contributed by atoms with Crippen LogP contribution in [0.4, 0.5) is 0 Å². The van der Waals surface area contributed by atoms with E-state index in [1.807, 2.05) is 48.5 Å². The molecule has 2 aliphatic heterocycles. The lowest BCUT2D eigenvalue weighted by atomic mass is 9.97. The molecule has 7 rings (SSSR count). The number of carbonyl (C=O) groups excluding carboxylic acids is 2. The molecular weight excluding hydrogens is 693 g/mol. The third-order valence-corrected chi connectivity index (χ3v) is 10.4. The van der Waals surface area contributed by atoms with E-state index < -0.39 is 0 Å². The average molecular weight is 731 g/mol. The molecule has 0 aliphatic carbocycles. The number of hydrogen-bond acceptors (Lipinski definition) is 9. The fourth-order valence-corrected chi connectivity index (χ4v) is 7.38. The van der Waals surface area contributed by atoms with Gasteiger partial charge in [0.05, 0.1) is 42.4 Å². The predicted molar refractivity (Wildman–Crippen MR) is 195 cm³/mol. The van der Waals surface area contributed by atoms with Gasteiger partial charge in [-0.15, -0.1) is 0 Å². The molecule has 0 radical (unpaired) electrons. The van der Waals surface area contributed by atoms with Crippen molar-refractivity contribution in [1.82, 2.24) is 34.7 Å². The Morgan fingerprint density at radius 2 is 1.71 bits per heavy atom. The normalized spacial score (nSPS) is 16.3. The number of fused-ring (bicyclic) bond motifs is 1. The predicted octanol–water partition coefficient (Wildman–Crippen LogP) is 4.72. The van der Waals surface area contributed by atoms with Crippen LogP contribution >= 0.6 is 23.2 Å². The Morgan fingerprint density at radius 3 is 2.39 bits per heavy atom. The maximum atomic E-state index is 13.4. The summed E-state index contributed by atoms with van der Waals surface area (Å²) in [6.07, 6.45) is 3.18. The molecule has 5 aromatic rings. The van der Waals surface area contributed by atoms with Gasteiger partial charge in [-0.25, -0.2) is 9.50 Å². The van der Waals surface area contributed by atoms with Gasteiger partial charge in [-0.2, -0.15) is 5.10 Å². The summed E-state index contributed by atoms with van der Waals surface area (Å²) in [5, 5.41) is 12.1. The largest absolute Gasteiger partial charge is 0.481 e. The van der Waals surface area contributed by atoms with E-state index in [0.717, 1.165) is 39.8 Å². The highest BCUT2D eigenvalue weighted by atomic mass is 35.5. The summed E-state index contributed by atoms with van der Waals surface area (Å²) in [6.45, 7) is 2.73. The molecule has 0 spiro atoms. The Labute approximate surface area is 304 Å². The minimum Gasteiger partial charge on any atom is -0.481 e. The minimum atomic E-state index is -0.227. The van der Waals surface area contributed by atoms with Crippen molar-refractivity contribution in [2.45, 2.75) is 32.0 Å². The van der Waals surface area contributed by atoms with Crippen LogP contribution in [0.15, 0.2) is 65.6 Å². The van der Waals surface area contributed by atoms with E-state index in [2.05, 4.69) is 15.5 Å². The summed E-state index contributed by atoms with van der Waals surface area (Å²) in [4.78, 5) is 43.6. The van der Waals surface area contributed by atoms with E-state index in [1.54, 1.807) is 30.9 Å². The van der Waals surface area contributed by atoms with Crippen molar-refractivity contribution >= 4 is 40.6 Å². The lowest BCUT2D eigenvalue weighted by Crippen LogP contribution is -2.50. The summed E-state index contributed by atoms with van der Waals surface area (Å²) < 4.78 is 13.6. The molecule has 1 atom stereocenters. The third kappa shape index (κ3) is 6.84. The quantitative estimate of drug-likeness (QED) is 0.186. The summed E-state index contributed by atoms with van der Waals surface area (Å²) in [5.74, 6) is 0.760. The molecule has 5 heterocycles. The zero-order valence-corrected chi connectivity index (χ0v) is 29.9. The zero-order valence-electron chi connectivity index (χ0n) is 28.4. The fourth-order valence-electron chi connectivity index (χ4n) is 6.72. The fraction of sp³-hybridized carbons (Fsp3) is 0.324. The summed E-state index contributed by atoms with van der Waals surface area (Å²) in [6, 6.07) is 17.2. The van der Waals surface area contributed by atoms with Crippen molar-refractivity contribution < 1.29 is 19.1 Å². The van der Waals surface area contributed by atoms with E-state index in [0.29, 0.717) is 72.1 Å². The SMILES string of the molecule is COC(=O)C1CN(Cc2nn3cc(-c4cccc(-c5cccc(-c6ccc(CNC[C@@H]7CCC(=O)N7)c(OC)n6)c5Cl)c4Cl)cc3c(=O)n2C)C1. The van der Waals surface area contributed by atoms with Crippen LogP contribution in [0.25, 0.3) is 39.0 Å². The number of methoxy groups -OCH3 is 2. The molecule has 2 N–H and O–H groups in total. The molecule has 2 saturated heterocycles. The van der Waals surface area contributed by atoms with Crippen LogP contribution in [0.3, 0.4) is 0 Å². The molecule has 2 aliphatic rings. The lowest BCUT2D eigenvalue weighted by molar-refractivity contribution is -0.151. The highest BCUT2D eigenvalue weighted by Gasteiger charge is 2.34. The summed E-state index contributed by atoms with van der Waals surface area (Å²) in [7, 11) is 4.67. The Hall–Kier alpha value is -4.75. The maximum absolute atomic E-state index is 13.4. The van der Waals surface area contributed by atoms with Crippen molar-refractivity contribution in [2.24, 2.45) is 13.0 Å². The number of pyridine rings is 1. The molecule has 264 valence electrons. The van der Waals surface area contributed by atoms with Gasteiger partial charge in [-0.3, -0.25) is 23.9 Å². The number of amides is 1. The van der Waals surface area contributed by atoms with Crippen LogP contribution in [0.1, 0.15) is 24.2 Å². The van der Waals surface area contributed by atoms with E-state index in [4.69, 9.17) is 42.8 Å². The van der Waals surface area contributed by atoms with Gasteiger partial charge < -0.3 is 20.1 Å². The first-order valence-electron chi connectivity index (χ1n) is 16.7. The molecule has 0 bridgehead atoms. The Bertz CT molecular complexity index is 2210. The van der Waals surface area contributed by atoms with Gasteiger partial charge in [-0.1, -0.05) is 65.7 Å². The van der Waals surface area contributed by atoms with E-state index in [9.17, 15) is 14.4 Å². The third-order valence-electron chi connectivity index (χ3n) is 9.59. The molecule has 51 heavy (non-hydrogen) atoms. The number of hydrogen-bond donors (Lipinski definition) is 2. The van der Waals surface area contributed by atoms with Crippen molar-refractivity contribution in [3.63, 3.8) is 0 Å². The number of aromatic nitrogens is 4. The molecule has 12 nitrogen and oxygen atoms in total. The smallest absolute Gasteiger partial charge is 0.311 e. The van der Waals surface area contributed by atoms with E-state index >= 15 is 0 Å². The summed E-state index contributed by atoms with van der Waals surface area (Å²) >= 11 is 14.2. The number of halogens is 2. The van der Waals surface area contributed by atoms with Crippen LogP contribution in [-0.2, 0) is 34.5 Å². The number of likely N-dealkylation sites (tertiary alicyclic amines) is 1. The second-order valence-corrected chi connectivity index (χ2v) is 13.6. The van der Waals surface area contributed by atoms with Gasteiger partial charge in [0.15, 0.2) is 0 Å². The molecule has 1 amide bonds. The molecular formula is C37H37Cl2N7O5. The standard InChI is InChI=1S/C37H37Cl2N7O5/c1-44-31(20-45-17-23(18-45)37(49)51-3)43-46-19-22(14-30(46)36(44)48)25-6-4-7-26(33(25)38)27-8-5-9-28(34(27)39)29-12-10-21(35(42-29)50-2)15-40-16-24-11-13-32(47)41-24/h4-10,12,14,19,23-24,40H,11,13,15-18,20H2,1-3H3,(H,41,47)/t24-/m0/s1. The van der Waals surface area contributed by atoms with Crippen LogP contribution in [-0.4, -0.2) is 75.8 Å². The first-order chi connectivity index (χ1) is 24.6. The number of carbonyl (C=O) groups is 2. The second kappa shape index (κ2) is 14.5. The van der Waals surface area contributed by atoms with Gasteiger partial charge >= 0.3 is 5.97 Å². The molecule has 0 saturated carbocycles. The van der Waals surface area contributed by atoms with Crippen LogP contribution < -0.4 is 20.9 Å². The Kier molecular flexibility index (Phi) is 9.84. The number of nitrogens with zero attached hydrogens (tertiary/aromatic N) is 5. The molecule has 3 aromatic heterocycles. The zero-order chi connectivity index (χ0) is 35.8. The minimum absolute atomic E-state index is 0.0890. The Balaban J connectivity index is 1.14. The number of ether oxygens (including phenoxy) is 2. The number of benzene rings is 2. The van der Waals surface area contributed by atoms with Crippen LogP contribution in [0.5, 0.6) is 5.88 Å². The van der Waals surface area contributed by atoms with Gasteiger partial charge in [0, 0.05) is 85.3 Å². The maximum Gasteiger partial charge on any atom is 0.311 e. The Morgan fingerprint density at radius 1 is 1.00 bits per heavy atom. The second-order valence-electron chi connectivity index (χ2n) is 12.9. The number of nitrogens with one attached hydrogen (secondary N) is 2. The molecule has 2 fully saturated rings. The van der Waals surface area contributed by atoms with Crippen LogP contribution in [0, 0.1) is 5.92 Å². The number of esters is 1. The summed E-state index contributed by atoms with van der Waals surface area (Å²) in [5.41, 5.74) is 5.39. The molecule has 14 heteroatoms. The van der Waals surface area contributed by atoms with Crippen molar-refractivity contribution in [3.05, 3.63) is 92.6 Å². The van der Waals surface area contributed by atoms with Crippen molar-refractivity contribution in [1.29, 1.82) is 0 Å². The molecule has 2 aromatic carbocycles. The number of rotatable bonds is 11.